The van der Waals surface area contributed by atoms with Crippen molar-refractivity contribution in [1.82, 2.24) is 10.2 Å². The predicted molar refractivity (Wildman–Crippen MR) is 173 cm³/mol. The Kier molecular flexibility index (Phi) is 9.76. The van der Waals surface area contributed by atoms with Gasteiger partial charge < -0.3 is 9.84 Å². The third kappa shape index (κ3) is 7.07. The second-order valence-corrected chi connectivity index (χ2v) is 13.5. The summed E-state index contributed by atoms with van der Waals surface area (Å²) in [6, 6.07) is 18.7. The molecule has 5 rings (SSSR count). The summed E-state index contributed by atoms with van der Waals surface area (Å²) in [6.45, 7) is 6.70. The summed E-state index contributed by atoms with van der Waals surface area (Å²) in [7, 11) is 0. The van der Waals surface area contributed by atoms with Crippen LogP contribution in [0.3, 0.4) is 0 Å². The van der Waals surface area contributed by atoms with Gasteiger partial charge in [-0.05, 0) is 54.7 Å². The largest absolute Gasteiger partial charge is 0.507 e. The van der Waals surface area contributed by atoms with E-state index in [2.05, 4.69) is 24.0 Å². The molecule has 2 heterocycles. The van der Waals surface area contributed by atoms with Crippen molar-refractivity contribution < 1.29 is 19.4 Å². The minimum atomic E-state index is -0.938. The highest BCUT2D eigenvalue weighted by Gasteiger charge is 2.48. The summed E-state index contributed by atoms with van der Waals surface area (Å²) in [5.41, 5.74) is 2.89. The Morgan fingerprint density at radius 1 is 1.07 bits per heavy atom. The fourth-order valence-corrected chi connectivity index (χ4v) is 6.96. The second-order valence-electron chi connectivity index (χ2n) is 10.5. The van der Waals surface area contributed by atoms with Crippen LogP contribution in [-0.2, 0) is 15.3 Å². The summed E-state index contributed by atoms with van der Waals surface area (Å²) >= 11 is 14.9. The van der Waals surface area contributed by atoms with Crippen LogP contribution >= 0.6 is 46.3 Å². The lowest BCUT2D eigenvalue weighted by Gasteiger charge is -2.23. The number of aliphatic hydroxyl groups excluding tert-OH is 1. The summed E-state index contributed by atoms with van der Waals surface area (Å²) in [4.78, 5) is 28.5. The molecule has 43 heavy (non-hydrogen) atoms. The van der Waals surface area contributed by atoms with Crippen molar-refractivity contribution in [2.45, 2.75) is 43.3 Å². The van der Waals surface area contributed by atoms with Gasteiger partial charge in [0, 0.05) is 21.4 Å². The number of carbonyl (C=O) groups is 2. The highest BCUT2D eigenvalue weighted by Crippen LogP contribution is 2.44. The van der Waals surface area contributed by atoms with Gasteiger partial charge >= 0.3 is 5.91 Å². The molecular formula is C32H29Cl2N3O4S2. The molecule has 1 atom stereocenters. The first kappa shape index (κ1) is 31.1. The number of amides is 1. The van der Waals surface area contributed by atoms with Gasteiger partial charge in [0.15, 0.2) is 4.34 Å². The maximum atomic E-state index is 13.6. The van der Waals surface area contributed by atoms with Gasteiger partial charge in [-0.15, -0.1) is 10.2 Å². The molecule has 0 radical (unpaired) electrons. The molecule has 1 aromatic heterocycles. The molecule has 1 aliphatic rings. The molecule has 11 heteroatoms. The van der Waals surface area contributed by atoms with Gasteiger partial charge in [0.05, 0.1) is 18.2 Å². The van der Waals surface area contributed by atoms with Crippen molar-refractivity contribution in [2.75, 3.05) is 11.5 Å². The third-order valence-corrected chi connectivity index (χ3v) is 9.57. The van der Waals surface area contributed by atoms with Crippen molar-refractivity contribution in [1.29, 1.82) is 0 Å². The molecule has 0 saturated carbocycles. The number of aliphatic hydroxyl groups is 1. The molecule has 1 aliphatic heterocycles. The number of aryl methyl sites for hydroxylation is 1. The average molecular weight is 655 g/mol. The molecule has 1 saturated heterocycles. The molecule has 7 nitrogen and oxygen atoms in total. The number of Topliss-reactive ketones (excluding diaryl/α,β-unsaturated/α-hetero) is 1. The van der Waals surface area contributed by atoms with E-state index in [0.29, 0.717) is 49.5 Å². The van der Waals surface area contributed by atoms with Crippen molar-refractivity contribution in [2.24, 2.45) is 5.92 Å². The van der Waals surface area contributed by atoms with Crippen LogP contribution < -0.4 is 9.64 Å². The fraction of sp³-hybridized carbons (Fsp3) is 0.250. The first-order valence-electron chi connectivity index (χ1n) is 13.6. The monoisotopic (exact) mass is 653 g/mol. The highest BCUT2D eigenvalue weighted by molar-refractivity contribution is 8.00. The van der Waals surface area contributed by atoms with E-state index in [0.717, 1.165) is 17.5 Å². The zero-order valence-electron chi connectivity index (χ0n) is 23.7. The maximum Gasteiger partial charge on any atom is 0.301 e. The number of hydrogen-bond acceptors (Lipinski definition) is 8. The molecule has 0 bridgehead atoms. The summed E-state index contributed by atoms with van der Waals surface area (Å²) in [6.07, 6.45) is 0.878. The molecule has 1 N–H and O–H groups in total. The number of rotatable bonds is 10. The summed E-state index contributed by atoms with van der Waals surface area (Å²) < 4.78 is 6.57. The second kappa shape index (κ2) is 13.5. The van der Waals surface area contributed by atoms with E-state index in [4.69, 9.17) is 27.9 Å². The number of anilines is 1. The number of benzene rings is 3. The van der Waals surface area contributed by atoms with E-state index >= 15 is 0 Å². The molecule has 1 amide bonds. The zero-order valence-corrected chi connectivity index (χ0v) is 26.9. The maximum absolute atomic E-state index is 13.6. The Morgan fingerprint density at radius 3 is 2.56 bits per heavy atom. The van der Waals surface area contributed by atoms with Gasteiger partial charge in [0.25, 0.3) is 5.78 Å². The predicted octanol–water partition coefficient (Wildman–Crippen LogP) is 8.50. The van der Waals surface area contributed by atoms with Crippen molar-refractivity contribution >= 4 is 68.9 Å². The van der Waals surface area contributed by atoms with E-state index in [1.54, 1.807) is 36.4 Å². The Bertz CT molecular complexity index is 1690. The number of halogens is 2. The first-order chi connectivity index (χ1) is 20.6. The van der Waals surface area contributed by atoms with E-state index in [1.165, 1.54) is 28.0 Å². The molecule has 0 spiro atoms. The van der Waals surface area contributed by atoms with Crippen LogP contribution in [0, 0.1) is 12.8 Å². The van der Waals surface area contributed by atoms with E-state index in [-0.39, 0.29) is 16.5 Å². The van der Waals surface area contributed by atoms with Crippen LogP contribution in [0.1, 0.15) is 48.6 Å². The fourth-order valence-electron chi connectivity index (χ4n) is 4.54. The average Bonchev–Trinajstić information content (AvgIpc) is 3.54. The summed E-state index contributed by atoms with van der Waals surface area (Å²) in [5.74, 6) is -0.258. The topological polar surface area (TPSA) is 92.6 Å². The van der Waals surface area contributed by atoms with Crippen LogP contribution in [0.5, 0.6) is 5.75 Å². The molecule has 1 unspecified atom stereocenters. The molecule has 3 aromatic carbocycles. The lowest BCUT2D eigenvalue weighted by Crippen LogP contribution is -2.29. The zero-order chi connectivity index (χ0) is 30.7. The third-order valence-electron chi connectivity index (χ3n) is 6.88. The van der Waals surface area contributed by atoms with E-state index in [1.807, 2.05) is 37.3 Å². The molecule has 222 valence electrons. The quantitative estimate of drug-likeness (QED) is 0.0603. The van der Waals surface area contributed by atoms with Crippen molar-refractivity contribution in [3.05, 3.63) is 105 Å². The lowest BCUT2D eigenvalue weighted by molar-refractivity contribution is -0.132. The normalized spacial score (nSPS) is 16.3. The Balaban J connectivity index is 1.52. The first-order valence-corrected chi connectivity index (χ1v) is 16.2. The Labute approximate surface area is 268 Å². The van der Waals surface area contributed by atoms with Gasteiger partial charge in [-0.25, -0.2) is 0 Å². The minimum Gasteiger partial charge on any atom is -0.507 e. The van der Waals surface area contributed by atoms with Crippen molar-refractivity contribution in [3.8, 4) is 5.75 Å². The SMILES string of the molecule is Cc1ccc(/C(O)=C2\C(=O)C(=O)N(c3nnc(SCc4ccc(Cl)cc4Cl)s3)C2c2cccc(OCCC(C)C)c2)cc1. The highest BCUT2D eigenvalue weighted by atomic mass is 35.5. The minimum absolute atomic E-state index is 0.0227. The number of ketones is 1. The number of ether oxygens (including phenoxy) is 1. The van der Waals surface area contributed by atoms with Crippen LogP contribution in [0.15, 0.2) is 76.6 Å². The van der Waals surface area contributed by atoms with Crippen LogP contribution in [-0.4, -0.2) is 33.6 Å². The van der Waals surface area contributed by atoms with Gasteiger partial charge in [0.2, 0.25) is 5.13 Å². The number of carbonyl (C=O) groups excluding carboxylic acids is 2. The van der Waals surface area contributed by atoms with Crippen LogP contribution in [0.25, 0.3) is 5.76 Å². The van der Waals surface area contributed by atoms with Crippen LogP contribution in [0.4, 0.5) is 5.13 Å². The van der Waals surface area contributed by atoms with E-state index in [9.17, 15) is 14.7 Å². The van der Waals surface area contributed by atoms with Gasteiger partial charge in [-0.2, -0.15) is 0 Å². The number of nitrogens with zero attached hydrogens (tertiary/aromatic N) is 3. The molecule has 4 aromatic rings. The lowest BCUT2D eigenvalue weighted by atomic mass is 9.95. The Morgan fingerprint density at radius 2 is 1.84 bits per heavy atom. The van der Waals surface area contributed by atoms with E-state index < -0.39 is 17.7 Å². The summed E-state index contributed by atoms with van der Waals surface area (Å²) in [5, 5.41) is 21.3. The smallest absolute Gasteiger partial charge is 0.301 e. The van der Waals surface area contributed by atoms with Crippen molar-refractivity contribution in [3.63, 3.8) is 0 Å². The van der Waals surface area contributed by atoms with Gasteiger partial charge in [-0.1, -0.05) is 108 Å². The molecule has 0 aliphatic carbocycles. The molecular weight excluding hydrogens is 625 g/mol. The molecule has 1 fully saturated rings. The van der Waals surface area contributed by atoms with Gasteiger partial charge in [-0.3, -0.25) is 14.5 Å². The number of hydrogen-bond donors (Lipinski definition) is 1. The van der Waals surface area contributed by atoms with Crippen LogP contribution in [0.2, 0.25) is 10.0 Å². The number of aromatic nitrogens is 2. The standard InChI is InChI=1S/C32H29Cl2N3O4S2/c1-18(2)13-14-41-24-6-4-5-21(15-24)27-26(28(38)20-9-7-19(3)8-10-20)29(39)30(40)37(27)31-35-36-32(43-31)42-17-22-11-12-23(33)16-25(22)34/h4-12,15-16,18,27,38H,13-14,17H2,1-3H3/b28-26+. The van der Waals surface area contributed by atoms with Gasteiger partial charge in [0.1, 0.15) is 11.5 Å². The number of thioether (sulfide) groups is 1. The Hall–Kier alpha value is -3.37.